The van der Waals surface area contributed by atoms with E-state index in [0.29, 0.717) is 23.7 Å². The zero-order chi connectivity index (χ0) is 20.4. The van der Waals surface area contributed by atoms with Crippen LogP contribution in [0.4, 0.5) is 5.95 Å². The fourth-order valence-corrected chi connectivity index (χ4v) is 4.69. The number of aromatic amines is 1. The van der Waals surface area contributed by atoms with E-state index < -0.39 is 0 Å². The van der Waals surface area contributed by atoms with Gasteiger partial charge in [0.05, 0.1) is 11.4 Å². The fraction of sp³-hybridized carbons (Fsp3) is 0.409. The number of hydrogen-bond donors (Lipinski definition) is 2. The van der Waals surface area contributed by atoms with Crippen molar-refractivity contribution >= 4 is 33.4 Å². The summed E-state index contributed by atoms with van der Waals surface area (Å²) in [6.07, 6.45) is 2.69. The van der Waals surface area contributed by atoms with Crippen LogP contribution in [-0.2, 0) is 4.79 Å². The number of amides is 1. The third-order valence-electron chi connectivity index (χ3n) is 5.42. The number of H-pyrrole nitrogens is 1. The predicted octanol–water partition coefficient (Wildman–Crippen LogP) is 3.70. The standard InChI is InChI=1S/C22H26N4O2S/c1-3-10-23-20(27)16-5-4-11-26(12-16)22-24-18-17(13-29-19(18)21(28)25-22)15-8-6-14(2)7-9-15/h6-9,13,16H,3-5,10-12H2,1-2H3,(H,23,27)(H,24,25,28)/t16-/m1/s1. The minimum atomic E-state index is -0.120. The molecule has 6 nitrogen and oxygen atoms in total. The molecule has 3 heterocycles. The number of nitrogens with zero attached hydrogens (tertiary/aromatic N) is 2. The SMILES string of the molecule is CCCNC(=O)[C@@H]1CCCN(c2nc3c(-c4ccc(C)cc4)csc3c(=O)[nH]2)C1. The number of aryl methyl sites for hydroxylation is 1. The average molecular weight is 411 g/mol. The van der Waals surface area contributed by atoms with Crippen molar-refractivity contribution in [3.05, 3.63) is 45.6 Å². The molecule has 3 aromatic rings. The molecular weight excluding hydrogens is 384 g/mol. The lowest BCUT2D eigenvalue weighted by molar-refractivity contribution is -0.125. The summed E-state index contributed by atoms with van der Waals surface area (Å²) in [7, 11) is 0. The quantitative estimate of drug-likeness (QED) is 0.672. The molecule has 0 aliphatic carbocycles. The Morgan fingerprint density at radius 1 is 1.34 bits per heavy atom. The van der Waals surface area contributed by atoms with E-state index in [1.165, 1.54) is 16.9 Å². The normalized spacial score (nSPS) is 16.9. The lowest BCUT2D eigenvalue weighted by atomic mass is 9.97. The van der Waals surface area contributed by atoms with Crippen molar-refractivity contribution in [2.24, 2.45) is 5.92 Å². The van der Waals surface area contributed by atoms with Crippen LogP contribution in [0, 0.1) is 12.8 Å². The van der Waals surface area contributed by atoms with Gasteiger partial charge in [-0.1, -0.05) is 36.8 Å². The van der Waals surface area contributed by atoms with Crippen LogP contribution in [0.3, 0.4) is 0 Å². The van der Waals surface area contributed by atoms with Crippen LogP contribution in [-0.4, -0.2) is 35.5 Å². The van der Waals surface area contributed by atoms with E-state index >= 15 is 0 Å². The number of benzene rings is 1. The van der Waals surface area contributed by atoms with Crippen molar-refractivity contribution in [1.82, 2.24) is 15.3 Å². The summed E-state index contributed by atoms with van der Waals surface area (Å²) >= 11 is 1.42. The van der Waals surface area contributed by atoms with E-state index in [9.17, 15) is 9.59 Å². The van der Waals surface area contributed by atoms with Gasteiger partial charge < -0.3 is 10.2 Å². The third kappa shape index (κ3) is 4.05. The highest BCUT2D eigenvalue weighted by molar-refractivity contribution is 7.17. The molecule has 1 saturated heterocycles. The smallest absolute Gasteiger partial charge is 0.270 e. The number of rotatable bonds is 5. The molecule has 0 bridgehead atoms. The second-order valence-corrected chi connectivity index (χ2v) is 8.54. The Balaban J connectivity index is 1.66. The number of carbonyl (C=O) groups is 1. The molecule has 29 heavy (non-hydrogen) atoms. The highest BCUT2D eigenvalue weighted by atomic mass is 32.1. The number of hydrogen-bond acceptors (Lipinski definition) is 5. The van der Waals surface area contributed by atoms with Crippen LogP contribution < -0.4 is 15.8 Å². The van der Waals surface area contributed by atoms with E-state index in [1.807, 2.05) is 17.2 Å². The molecule has 152 valence electrons. The minimum Gasteiger partial charge on any atom is -0.356 e. The van der Waals surface area contributed by atoms with Gasteiger partial charge in [-0.15, -0.1) is 11.3 Å². The molecular formula is C22H26N4O2S. The van der Waals surface area contributed by atoms with Gasteiger partial charge in [0.2, 0.25) is 11.9 Å². The van der Waals surface area contributed by atoms with Crippen molar-refractivity contribution in [2.45, 2.75) is 33.1 Å². The maximum Gasteiger partial charge on any atom is 0.270 e. The highest BCUT2D eigenvalue weighted by Gasteiger charge is 2.27. The number of thiophene rings is 1. The number of nitrogens with one attached hydrogen (secondary N) is 2. The van der Waals surface area contributed by atoms with Crippen molar-refractivity contribution < 1.29 is 4.79 Å². The van der Waals surface area contributed by atoms with E-state index in [-0.39, 0.29) is 17.4 Å². The number of carbonyl (C=O) groups excluding carboxylic acids is 1. The summed E-state index contributed by atoms with van der Waals surface area (Å²) in [5.74, 6) is 0.577. The van der Waals surface area contributed by atoms with Crippen molar-refractivity contribution in [2.75, 3.05) is 24.5 Å². The molecule has 0 radical (unpaired) electrons. The van der Waals surface area contributed by atoms with Crippen LogP contribution in [0.1, 0.15) is 31.7 Å². The van der Waals surface area contributed by atoms with Crippen LogP contribution in [0.25, 0.3) is 21.3 Å². The summed E-state index contributed by atoms with van der Waals surface area (Å²) < 4.78 is 0.638. The average Bonchev–Trinajstić information content (AvgIpc) is 3.17. The third-order valence-corrected chi connectivity index (χ3v) is 6.39. The Morgan fingerprint density at radius 3 is 2.90 bits per heavy atom. The lowest BCUT2D eigenvalue weighted by Gasteiger charge is -2.32. The van der Waals surface area contributed by atoms with Gasteiger partial charge in [0, 0.05) is 30.6 Å². The topological polar surface area (TPSA) is 78.1 Å². The Bertz CT molecular complexity index is 1070. The Kier molecular flexibility index (Phi) is 5.67. The van der Waals surface area contributed by atoms with Gasteiger partial charge in [-0.2, -0.15) is 0 Å². The molecule has 1 atom stereocenters. The van der Waals surface area contributed by atoms with Gasteiger partial charge in [0.15, 0.2) is 0 Å². The van der Waals surface area contributed by atoms with E-state index in [0.717, 1.165) is 42.5 Å². The molecule has 1 aliphatic rings. The number of aromatic nitrogens is 2. The summed E-state index contributed by atoms with van der Waals surface area (Å²) in [5.41, 5.74) is 3.84. The zero-order valence-electron chi connectivity index (χ0n) is 16.8. The molecule has 1 aliphatic heterocycles. The predicted molar refractivity (Wildman–Crippen MR) is 119 cm³/mol. The number of fused-ring (bicyclic) bond motifs is 1. The van der Waals surface area contributed by atoms with Crippen LogP contribution in [0.15, 0.2) is 34.4 Å². The summed E-state index contributed by atoms with van der Waals surface area (Å²) in [5, 5.41) is 4.99. The van der Waals surface area contributed by atoms with Gasteiger partial charge in [0.25, 0.3) is 5.56 Å². The monoisotopic (exact) mass is 410 g/mol. The van der Waals surface area contributed by atoms with E-state index in [2.05, 4.69) is 41.5 Å². The number of piperidine rings is 1. The van der Waals surface area contributed by atoms with Crippen LogP contribution in [0.2, 0.25) is 0 Å². The molecule has 2 N–H and O–H groups in total. The maximum absolute atomic E-state index is 12.7. The first kappa shape index (κ1) is 19.6. The first-order chi connectivity index (χ1) is 14.1. The molecule has 1 fully saturated rings. The van der Waals surface area contributed by atoms with Crippen molar-refractivity contribution in [1.29, 1.82) is 0 Å². The molecule has 1 aromatic carbocycles. The minimum absolute atomic E-state index is 0.0738. The first-order valence-corrected chi connectivity index (χ1v) is 11.1. The molecule has 2 aromatic heterocycles. The Hall–Kier alpha value is -2.67. The maximum atomic E-state index is 12.7. The largest absolute Gasteiger partial charge is 0.356 e. The molecule has 1 amide bonds. The molecule has 7 heteroatoms. The van der Waals surface area contributed by atoms with Crippen molar-refractivity contribution in [3.8, 4) is 11.1 Å². The van der Waals surface area contributed by atoms with Gasteiger partial charge in [-0.05, 0) is 31.7 Å². The van der Waals surface area contributed by atoms with E-state index in [4.69, 9.17) is 4.98 Å². The first-order valence-electron chi connectivity index (χ1n) is 10.2. The van der Waals surface area contributed by atoms with Crippen LogP contribution >= 0.6 is 11.3 Å². The van der Waals surface area contributed by atoms with Gasteiger partial charge in [0.1, 0.15) is 4.70 Å². The molecule has 0 unspecified atom stereocenters. The summed E-state index contributed by atoms with van der Waals surface area (Å²) in [6.45, 7) is 6.17. The van der Waals surface area contributed by atoms with Crippen molar-refractivity contribution in [3.63, 3.8) is 0 Å². The Morgan fingerprint density at radius 2 is 2.14 bits per heavy atom. The molecule has 0 spiro atoms. The van der Waals surface area contributed by atoms with Gasteiger partial charge >= 0.3 is 0 Å². The van der Waals surface area contributed by atoms with Gasteiger partial charge in [-0.25, -0.2) is 4.98 Å². The van der Waals surface area contributed by atoms with Crippen LogP contribution in [0.5, 0.6) is 0 Å². The summed E-state index contributed by atoms with van der Waals surface area (Å²) in [4.78, 5) is 34.9. The zero-order valence-corrected chi connectivity index (χ0v) is 17.6. The summed E-state index contributed by atoms with van der Waals surface area (Å²) in [6, 6.07) is 8.26. The number of anilines is 1. The molecule has 4 rings (SSSR count). The Labute approximate surface area is 174 Å². The highest BCUT2D eigenvalue weighted by Crippen LogP contribution is 2.32. The van der Waals surface area contributed by atoms with E-state index in [1.54, 1.807) is 0 Å². The van der Waals surface area contributed by atoms with Gasteiger partial charge in [-0.3, -0.25) is 14.6 Å². The lowest BCUT2D eigenvalue weighted by Crippen LogP contribution is -2.44. The second kappa shape index (κ2) is 8.37. The molecule has 0 saturated carbocycles. The fourth-order valence-electron chi connectivity index (χ4n) is 3.78. The second-order valence-electron chi connectivity index (χ2n) is 7.66.